The number of fused-ring (bicyclic) bond motifs is 1. The third kappa shape index (κ3) is 5.50. The summed E-state index contributed by atoms with van der Waals surface area (Å²) in [5.41, 5.74) is 4.30. The van der Waals surface area contributed by atoms with Crippen molar-refractivity contribution in [2.75, 3.05) is 38.0 Å². The van der Waals surface area contributed by atoms with Crippen molar-refractivity contribution in [3.8, 4) is 0 Å². The van der Waals surface area contributed by atoms with E-state index in [-0.39, 0.29) is 5.02 Å². The van der Waals surface area contributed by atoms with E-state index in [1.807, 2.05) is 0 Å². The fourth-order valence-corrected chi connectivity index (χ4v) is 4.33. The summed E-state index contributed by atoms with van der Waals surface area (Å²) < 4.78 is 13.5. The molecule has 3 aromatic rings. The molecule has 0 spiro atoms. The van der Waals surface area contributed by atoms with Crippen molar-refractivity contribution in [1.29, 1.82) is 0 Å². The van der Waals surface area contributed by atoms with E-state index in [2.05, 4.69) is 44.6 Å². The minimum atomic E-state index is -0.435. The standard InChI is InChI=1S/C24H29ClFN5/c1-2-17-14-23-20(13-18(17)5-3-4-10-31-11-8-27-9-12-31)24(29-16-28-23)30-19-6-7-22(26)21(25)15-19/h6-7,13-16,27H,2-5,8-12H2,1H3,(H,28,29,30). The monoisotopic (exact) mass is 441 g/mol. The fraction of sp³-hybridized carbons (Fsp3) is 0.417. The highest BCUT2D eigenvalue weighted by Crippen LogP contribution is 2.28. The van der Waals surface area contributed by atoms with Gasteiger partial charge in [0.05, 0.1) is 10.5 Å². The molecule has 0 aliphatic carbocycles. The number of halogens is 2. The molecule has 1 fully saturated rings. The minimum Gasteiger partial charge on any atom is -0.340 e. The Hall–Kier alpha value is -2.28. The molecule has 2 N–H and O–H groups in total. The molecule has 7 heteroatoms. The van der Waals surface area contributed by atoms with Crippen molar-refractivity contribution in [1.82, 2.24) is 20.2 Å². The Morgan fingerprint density at radius 1 is 1.10 bits per heavy atom. The molecule has 4 rings (SSSR count). The second kappa shape index (κ2) is 10.4. The quantitative estimate of drug-likeness (QED) is 0.484. The summed E-state index contributed by atoms with van der Waals surface area (Å²) in [7, 11) is 0. The van der Waals surface area contributed by atoms with Gasteiger partial charge in [-0.2, -0.15) is 0 Å². The molecule has 0 unspecified atom stereocenters. The van der Waals surface area contributed by atoms with Crippen LogP contribution in [-0.4, -0.2) is 47.6 Å². The molecule has 164 valence electrons. The Bertz CT molecular complexity index is 1040. The van der Waals surface area contributed by atoms with Crippen molar-refractivity contribution in [3.05, 3.63) is 58.6 Å². The molecular weight excluding hydrogens is 413 g/mol. The molecule has 1 saturated heterocycles. The number of nitrogens with zero attached hydrogens (tertiary/aromatic N) is 3. The van der Waals surface area contributed by atoms with Crippen molar-refractivity contribution in [3.63, 3.8) is 0 Å². The van der Waals surface area contributed by atoms with Crippen LogP contribution in [0.15, 0.2) is 36.7 Å². The Morgan fingerprint density at radius 3 is 2.71 bits per heavy atom. The second-order valence-corrected chi connectivity index (χ2v) is 8.42. The van der Waals surface area contributed by atoms with Crippen LogP contribution in [0, 0.1) is 5.82 Å². The number of unbranched alkanes of at least 4 members (excludes halogenated alkanes) is 1. The third-order valence-corrected chi connectivity index (χ3v) is 6.19. The van der Waals surface area contributed by atoms with Gasteiger partial charge in [0.15, 0.2) is 0 Å². The lowest BCUT2D eigenvalue weighted by atomic mass is 9.97. The molecular formula is C24H29ClFN5. The predicted octanol–water partition coefficient (Wildman–Crippen LogP) is 4.96. The highest BCUT2D eigenvalue weighted by molar-refractivity contribution is 6.31. The number of hydrogen-bond donors (Lipinski definition) is 2. The molecule has 2 heterocycles. The van der Waals surface area contributed by atoms with Gasteiger partial charge in [-0.1, -0.05) is 18.5 Å². The van der Waals surface area contributed by atoms with Crippen LogP contribution in [0.25, 0.3) is 10.9 Å². The molecule has 31 heavy (non-hydrogen) atoms. The fourth-order valence-electron chi connectivity index (χ4n) is 4.15. The Balaban J connectivity index is 1.51. The van der Waals surface area contributed by atoms with Crippen molar-refractivity contribution in [2.24, 2.45) is 0 Å². The topological polar surface area (TPSA) is 53.1 Å². The van der Waals surface area contributed by atoms with Crippen LogP contribution in [0.4, 0.5) is 15.9 Å². The molecule has 1 aromatic heterocycles. The summed E-state index contributed by atoms with van der Waals surface area (Å²) in [6, 6.07) is 8.97. The first-order chi connectivity index (χ1) is 15.1. The zero-order valence-electron chi connectivity index (χ0n) is 17.9. The van der Waals surface area contributed by atoms with E-state index < -0.39 is 5.82 Å². The number of anilines is 2. The highest BCUT2D eigenvalue weighted by Gasteiger charge is 2.12. The zero-order valence-corrected chi connectivity index (χ0v) is 18.7. The van der Waals surface area contributed by atoms with Gasteiger partial charge in [0.1, 0.15) is 18.0 Å². The van der Waals surface area contributed by atoms with E-state index in [1.54, 1.807) is 18.5 Å². The number of nitrogens with one attached hydrogen (secondary N) is 2. The highest BCUT2D eigenvalue weighted by atomic mass is 35.5. The van der Waals surface area contributed by atoms with Crippen LogP contribution in [0.5, 0.6) is 0 Å². The van der Waals surface area contributed by atoms with Crippen LogP contribution >= 0.6 is 11.6 Å². The SMILES string of the molecule is CCc1cc2ncnc(Nc3ccc(F)c(Cl)c3)c2cc1CCCCN1CCNCC1. The first-order valence-corrected chi connectivity index (χ1v) is 11.4. The van der Waals surface area contributed by atoms with Crippen LogP contribution in [0.1, 0.15) is 30.9 Å². The second-order valence-electron chi connectivity index (χ2n) is 8.02. The molecule has 1 aliphatic rings. The van der Waals surface area contributed by atoms with Gasteiger partial charge >= 0.3 is 0 Å². The largest absolute Gasteiger partial charge is 0.340 e. The smallest absolute Gasteiger partial charge is 0.141 e. The van der Waals surface area contributed by atoms with E-state index in [9.17, 15) is 4.39 Å². The third-order valence-electron chi connectivity index (χ3n) is 5.90. The average molecular weight is 442 g/mol. The molecule has 0 saturated carbocycles. The van der Waals surface area contributed by atoms with Gasteiger partial charge in [0.25, 0.3) is 0 Å². The molecule has 2 aromatic carbocycles. The van der Waals surface area contributed by atoms with Crippen LogP contribution in [0.3, 0.4) is 0 Å². The van der Waals surface area contributed by atoms with Gasteiger partial charge in [0, 0.05) is 37.3 Å². The molecule has 5 nitrogen and oxygen atoms in total. The summed E-state index contributed by atoms with van der Waals surface area (Å²) in [6.07, 6.45) is 5.94. The van der Waals surface area contributed by atoms with Gasteiger partial charge in [-0.25, -0.2) is 14.4 Å². The van der Waals surface area contributed by atoms with Crippen LogP contribution in [0.2, 0.25) is 5.02 Å². The van der Waals surface area contributed by atoms with Crippen LogP contribution < -0.4 is 10.6 Å². The van der Waals surface area contributed by atoms with Crippen molar-refractivity contribution in [2.45, 2.75) is 32.6 Å². The van der Waals surface area contributed by atoms with E-state index in [4.69, 9.17) is 11.6 Å². The van der Waals surface area contributed by atoms with E-state index >= 15 is 0 Å². The van der Waals surface area contributed by atoms with E-state index in [0.717, 1.165) is 62.9 Å². The lowest BCUT2D eigenvalue weighted by Gasteiger charge is -2.27. The average Bonchev–Trinajstić information content (AvgIpc) is 2.79. The van der Waals surface area contributed by atoms with Crippen LogP contribution in [-0.2, 0) is 12.8 Å². The molecule has 1 aliphatic heterocycles. The van der Waals surface area contributed by atoms with Gasteiger partial charge in [-0.15, -0.1) is 0 Å². The van der Waals surface area contributed by atoms with E-state index in [0.29, 0.717) is 11.5 Å². The summed E-state index contributed by atoms with van der Waals surface area (Å²) in [5, 5.41) is 7.74. The number of aryl methyl sites for hydroxylation is 2. The summed E-state index contributed by atoms with van der Waals surface area (Å²) in [6.45, 7) is 7.84. The van der Waals surface area contributed by atoms with Gasteiger partial charge in [0.2, 0.25) is 0 Å². The zero-order chi connectivity index (χ0) is 21.6. The first kappa shape index (κ1) is 21.9. The Labute approximate surface area is 188 Å². The molecule has 0 atom stereocenters. The minimum absolute atomic E-state index is 0.0850. The molecule has 0 amide bonds. The molecule has 0 radical (unpaired) electrons. The lowest BCUT2D eigenvalue weighted by Crippen LogP contribution is -2.43. The van der Waals surface area contributed by atoms with Gasteiger partial charge in [-0.3, -0.25) is 0 Å². The predicted molar refractivity (Wildman–Crippen MR) is 126 cm³/mol. The number of hydrogen-bond acceptors (Lipinski definition) is 5. The van der Waals surface area contributed by atoms with Crippen molar-refractivity contribution >= 4 is 34.0 Å². The number of benzene rings is 2. The number of aromatic nitrogens is 2. The van der Waals surface area contributed by atoms with Crippen molar-refractivity contribution < 1.29 is 4.39 Å². The number of rotatable bonds is 8. The normalized spacial score (nSPS) is 14.8. The number of piperazine rings is 1. The van der Waals surface area contributed by atoms with Gasteiger partial charge in [-0.05, 0) is 73.7 Å². The maximum Gasteiger partial charge on any atom is 0.141 e. The molecule has 0 bridgehead atoms. The maximum absolute atomic E-state index is 13.5. The Morgan fingerprint density at radius 2 is 1.94 bits per heavy atom. The first-order valence-electron chi connectivity index (χ1n) is 11.1. The Kier molecular flexibility index (Phi) is 7.33. The maximum atomic E-state index is 13.5. The summed E-state index contributed by atoms with van der Waals surface area (Å²) in [4.78, 5) is 11.5. The van der Waals surface area contributed by atoms with E-state index in [1.165, 1.54) is 23.6 Å². The summed E-state index contributed by atoms with van der Waals surface area (Å²) in [5.74, 6) is 0.271. The summed E-state index contributed by atoms with van der Waals surface area (Å²) >= 11 is 5.94. The van der Waals surface area contributed by atoms with Gasteiger partial charge < -0.3 is 15.5 Å². The lowest BCUT2D eigenvalue weighted by molar-refractivity contribution is 0.237.